The molecule has 0 amide bonds. The van der Waals surface area contributed by atoms with Gasteiger partial charge in [0.05, 0.1) is 18.8 Å². The summed E-state index contributed by atoms with van der Waals surface area (Å²) in [7, 11) is 0. The highest BCUT2D eigenvalue weighted by atomic mass is 32.1. The van der Waals surface area contributed by atoms with Crippen LogP contribution in [0.25, 0.3) is 10.1 Å². The van der Waals surface area contributed by atoms with Gasteiger partial charge in [0.2, 0.25) is 0 Å². The van der Waals surface area contributed by atoms with E-state index in [4.69, 9.17) is 5.11 Å². The topological polar surface area (TPSA) is 50.1 Å². The third-order valence-corrected chi connectivity index (χ3v) is 6.16. The molecular formula is C19H25N3OS. The number of benzene rings is 1. The van der Waals surface area contributed by atoms with E-state index in [0.29, 0.717) is 12.6 Å². The van der Waals surface area contributed by atoms with Crippen LogP contribution in [0.5, 0.6) is 0 Å². The van der Waals surface area contributed by atoms with Crippen LogP contribution in [0.1, 0.15) is 40.4 Å². The van der Waals surface area contributed by atoms with Gasteiger partial charge < -0.3 is 10.4 Å². The molecule has 0 unspecified atom stereocenters. The predicted molar refractivity (Wildman–Crippen MR) is 101 cm³/mol. The Bertz CT molecular complexity index is 850. The summed E-state index contributed by atoms with van der Waals surface area (Å²) >= 11 is 1.87. The summed E-state index contributed by atoms with van der Waals surface area (Å²) in [6.07, 6.45) is 0. The first-order valence-corrected chi connectivity index (χ1v) is 9.19. The zero-order valence-electron chi connectivity index (χ0n) is 14.8. The number of aryl methyl sites for hydroxylation is 2. The second kappa shape index (κ2) is 7.05. The molecule has 5 heteroatoms. The smallest absolute Gasteiger partial charge is 0.0644 e. The number of nitrogens with zero attached hydrogens (tertiary/aromatic N) is 2. The largest absolute Gasteiger partial charge is 0.394 e. The average molecular weight is 343 g/mol. The number of fused-ring (bicyclic) bond motifs is 1. The van der Waals surface area contributed by atoms with E-state index in [9.17, 15) is 0 Å². The van der Waals surface area contributed by atoms with Crippen molar-refractivity contribution in [2.45, 2.75) is 46.8 Å². The van der Waals surface area contributed by atoms with E-state index >= 15 is 0 Å². The van der Waals surface area contributed by atoms with E-state index < -0.39 is 0 Å². The van der Waals surface area contributed by atoms with Gasteiger partial charge in [-0.3, -0.25) is 4.68 Å². The molecule has 0 saturated carbocycles. The average Bonchev–Trinajstić information content (AvgIpc) is 3.04. The molecule has 2 aromatic heterocycles. The molecule has 0 aliphatic carbocycles. The lowest BCUT2D eigenvalue weighted by atomic mass is 10.1. The predicted octanol–water partition coefficient (Wildman–Crippen LogP) is 3.87. The number of nitrogens with one attached hydrogen (secondary N) is 1. The molecular weight excluding hydrogens is 318 g/mol. The van der Waals surface area contributed by atoms with Crippen LogP contribution >= 0.6 is 11.3 Å². The van der Waals surface area contributed by atoms with Crippen LogP contribution in [0, 0.1) is 20.8 Å². The van der Waals surface area contributed by atoms with Gasteiger partial charge in [-0.25, -0.2) is 0 Å². The van der Waals surface area contributed by atoms with E-state index in [1.807, 2.05) is 22.9 Å². The molecule has 0 fully saturated rings. The van der Waals surface area contributed by atoms with Gasteiger partial charge in [-0.15, -0.1) is 11.3 Å². The maximum atomic E-state index is 9.14. The molecule has 0 radical (unpaired) electrons. The SMILES string of the molecule is Cc1nn(CCO)c(C)c1CN[C@@H](C)c1sc2ccccc2c1C. The molecule has 24 heavy (non-hydrogen) atoms. The molecule has 3 aromatic rings. The standard InChI is InChI=1S/C19H25N3OS/c1-12-16-7-5-6-8-18(16)24-19(12)14(3)20-11-17-13(2)21-22(9-10-23)15(17)4/h5-8,14,20,23H,9-11H2,1-4H3/t14-/m0/s1. The Labute approximate surface area is 147 Å². The lowest BCUT2D eigenvalue weighted by Crippen LogP contribution is -2.18. The molecule has 0 bridgehead atoms. The number of hydrogen-bond acceptors (Lipinski definition) is 4. The van der Waals surface area contributed by atoms with Crippen molar-refractivity contribution in [1.82, 2.24) is 15.1 Å². The van der Waals surface area contributed by atoms with Crippen molar-refractivity contribution in [1.29, 1.82) is 0 Å². The van der Waals surface area contributed by atoms with Crippen LogP contribution in [0.2, 0.25) is 0 Å². The first-order valence-electron chi connectivity index (χ1n) is 8.38. The summed E-state index contributed by atoms with van der Waals surface area (Å²) in [5.74, 6) is 0. The Morgan fingerprint density at radius 3 is 2.71 bits per heavy atom. The van der Waals surface area contributed by atoms with Gasteiger partial charge in [-0.2, -0.15) is 5.10 Å². The minimum absolute atomic E-state index is 0.117. The lowest BCUT2D eigenvalue weighted by Gasteiger charge is -2.14. The van der Waals surface area contributed by atoms with Gasteiger partial charge in [0.25, 0.3) is 0 Å². The van der Waals surface area contributed by atoms with Crippen LogP contribution in [0.4, 0.5) is 0 Å². The molecule has 1 atom stereocenters. The molecule has 2 N–H and O–H groups in total. The minimum Gasteiger partial charge on any atom is -0.394 e. The molecule has 3 rings (SSSR count). The van der Waals surface area contributed by atoms with Crippen molar-refractivity contribution in [3.63, 3.8) is 0 Å². The van der Waals surface area contributed by atoms with Crippen molar-refractivity contribution in [2.24, 2.45) is 0 Å². The summed E-state index contributed by atoms with van der Waals surface area (Å²) in [4.78, 5) is 1.40. The first-order chi connectivity index (χ1) is 11.5. The molecule has 0 aliphatic heterocycles. The van der Waals surface area contributed by atoms with Gasteiger partial charge in [-0.1, -0.05) is 18.2 Å². The van der Waals surface area contributed by atoms with Crippen molar-refractivity contribution < 1.29 is 5.11 Å². The van der Waals surface area contributed by atoms with Crippen molar-refractivity contribution in [2.75, 3.05) is 6.61 Å². The van der Waals surface area contributed by atoms with Crippen LogP contribution in [0.3, 0.4) is 0 Å². The molecule has 1 aromatic carbocycles. The van der Waals surface area contributed by atoms with Gasteiger partial charge in [0.1, 0.15) is 0 Å². The number of aromatic nitrogens is 2. The molecule has 128 valence electrons. The molecule has 4 nitrogen and oxygen atoms in total. The fourth-order valence-electron chi connectivity index (χ4n) is 3.26. The van der Waals surface area contributed by atoms with Gasteiger partial charge in [-0.05, 0) is 44.7 Å². The van der Waals surface area contributed by atoms with E-state index in [2.05, 4.69) is 55.5 Å². The van der Waals surface area contributed by atoms with Crippen LogP contribution in [-0.2, 0) is 13.1 Å². The highest BCUT2D eigenvalue weighted by Gasteiger charge is 2.16. The summed E-state index contributed by atoms with van der Waals surface area (Å²) in [6.45, 7) is 10.00. The van der Waals surface area contributed by atoms with Crippen LogP contribution in [-0.4, -0.2) is 21.5 Å². The number of aliphatic hydroxyl groups is 1. The second-order valence-corrected chi connectivity index (χ2v) is 7.37. The highest BCUT2D eigenvalue weighted by Crippen LogP contribution is 2.34. The minimum atomic E-state index is 0.117. The fraction of sp³-hybridized carbons (Fsp3) is 0.421. The third kappa shape index (κ3) is 3.11. The Kier molecular flexibility index (Phi) is 5.04. The van der Waals surface area contributed by atoms with Gasteiger partial charge in [0.15, 0.2) is 0 Å². The normalized spacial score (nSPS) is 12.9. The molecule has 2 heterocycles. The number of thiophene rings is 1. The monoisotopic (exact) mass is 343 g/mol. The van der Waals surface area contributed by atoms with Gasteiger partial charge in [0, 0.05) is 33.4 Å². The molecule has 0 spiro atoms. The first kappa shape index (κ1) is 17.1. The van der Waals surface area contributed by atoms with E-state index in [0.717, 1.165) is 17.9 Å². The quantitative estimate of drug-likeness (QED) is 0.714. The maximum absolute atomic E-state index is 9.14. The van der Waals surface area contributed by atoms with E-state index in [-0.39, 0.29) is 6.61 Å². The third-order valence-electron chi connectivity index (χ3n) is 4.70. The Morgan fingerprint density at radius 2 is 2.00 bits per heavy atom. The zero-order valence-corrected chi connectivity index (χ0v) is 15.6. The van der Waals surface area contributed by atoms with Gasteiger partial charge >= 0.3 is 0 Å². The Morgan fingerprint density at radius 1 is 1.25 bits per heavy atom. The second-order valence-electron chi connectivity index (χ2n) is 6.29. The summed E-state index contributed by atoms with van der Waals surface area (Å²) in [5, 5.41) is 18.7. The van der Waals surface area contributed by atoms with Crippen LogP contribution in [0.15, 0.2) is 24.3 Å². The van der Waals surface area contributed by atoms with E-state index in [1.165, 1.54) is 26.1 Å². The zero-order chi connectivity index (χ0) is 17.3. The Hall–Kier alpha value is -1.69. The fourth-order valence-corrected chi connectivity index (χ4v) is 4.49. The molecule has 0 saturated heterocycles. The molecule has 0 aliphatic rings. The lowest BCUT2D eigenvalue weighted by molar-refractivity contribution is 0.267. The Balaban J connectivity index is 1.78. The summed E-state index contributed by atoms with van der Waals surface area (Å²) in [5.41, 5.74) is 4.78. The summed E-state index contributed by atoms with van der Waals surface area (Å²) < 4.78 is 3.24. The number of rotatable bonds is 6. The van der Waals surface area contributed by atoms with Crippen LogP contribution < -0.4 is 5.32 Å². The van der Waals surface area contributed by atoms with Crippen molar-refractivity contribution in [3.05, 3.63) is 51.7 Å². The number of hydrogen-bond donors (Lipinski definition) is 2. The van der Waals surface area contributed by atoms with Crippen molar-refractivity contribution >= 4 is 21.4 Å². The van der Waals surface area contributed by atoms with E-state index in [1.54, 1.807) is 0 Å². The van der Waals surface area contributed by atoms with Crippen molar-refractivity contribution in [3.8, 4) is 0 Å². The number of aliphatic hydroxyl groups excluding tert-OH is 1. The summed E-state index contributed by atoms with van der Waals surface area (Å²) in [6, 6.07) is 8.89. The highest BCUT2D eigenvalue weighted by molar-refractivity contribution is 7.19. The maximum Gasteiger partial charge on any atom is 0.0644 e.